The number of benzene rings is 3. The van der Waals surface area contributed by atoms with Gasteiger partial charge in [0.15, 0.2) is 0 Å². The molecule has 2 heteroatoms. The molecule has 0 saturated carbocycles. The van der Waals surface area contributed by atoms with E-state index < -0.39 is 0 Å². The van der Waals surface area contributed by atoms with Crippen molar-refractivity contribution in [1.29, 1.82) is 0 Å². The number of rotatable bonds is 3. The molecule has 0 amide bonds. The maximum Gasteiger partial charge on any atom is 0.0747 e. The van der Waals surface area contributed by atoms with Crippen molar-refractivity contribution in [3.05, 3.63) is 89.4 Å². The lowest BCUT2D eigenvalue weighted by atomic mass is 9.91. The van der Waals surface area contributed by atoms with Gasteiger partial charge in [0, 0.05) is 16.0 Å². The van der Waals surface area contributed by atoms with Gasteiger partial charge in [-0.1, -0.05) is 79.2 Å². The zero-order chi connectivity index (χ0) is 17.2. The molecule has 0 unspecified atom stereocenters. The quantitative estimate of drug-likeness (QED) is 0.399. The Balaban J connectivity index is 2.14. The molecule has 0 atom stereocenters. The van der Waals surface area contributed by atoms with Crippen LogP contribution in [0.25, 0.3) is 33.3 Å². The average molecular weight is 344 g/mol. The molecule has 0 bridgehead atoms. The molecule has 4 aromatic rings. The van der Waals surface area contributed by atoms with E-state index in [1.165, 1.54) is 16.7 Å². The van der Waals surface area contributed by atoms with Gasteiger partial charge in [-0.2, -0.15) is 0 Å². The summed E-state index contributed by atoms with van der Waals surface area (Å²) in [6.45, 7) is 2.19. The van der Waals surface area contributed by atoms with Crippen molar-refractivity contribution in [1.82, 2.24) is 4.98 Å². The smallest absolute Gasteiger partial charge is 0.0747 e. The van der Waals surface area contributed by atoms with E-state index in [9.17, 15) is 0 Å². The summed E-state index contributed by atoms with van der Waals surface area (Å²) in [5, 5.41) is 1.84. The Morgan fingerprint density at radius 1 is 0.800 bits per heavy atom. The zero-order valence-electron chi connectivity index (χ0n) is 14.0. The van der Waals surface area contributed by atoms with Crippen LogP contribution >= 0.6 is 11.6 Å². The largest absolute Gasteiger partial charge is 0.247 e. The van der Waals surface area contributed by atoms with E-state index in [-0.39, 0.29) is 0 Å². The molecule has 0 aliphatic carbocycles. The van der Waals surface area contributed by atoms with Gasteiger partial charge in [0.05, 0.1) is 11.2 Å². The molecule has 0 aliphatic rings. The van der Waals surface area contributed by atoms with Gasteiger partial charge in [-0.05, 0) is 41.3 Å². The highest BCUT2D eigenvalue weighted by molar-refractivity contribution is 6.31. The van der Waals surface area contributed by atoms with E-state index >= 15 is 0 Å². The second kappa shape index (κ2) is 6.70. The van der Waals surface area contributed by atoms with Gasteiger partial charge in [-0.25, -0.2) is 4.98 Å². The predicted molar refractivity (Wildman–Crippen MR) is 107 cm³/mol. The first kappa shape index (κ1) is 15.9. The molecule has 0 saturated heterocycles. The van der Waals surface area contributed by atoms with Crippen LogP contribution < -0.4 is 0 Å². The molecule has 25 heavy (non-hydrogen) atoms. The molecule has 1 aromatic heterocycles. The molecule has 0 N–H and O–H groups in total. The molecule has 4 rings (SSSR count). The SMILES string of the molecule is CCc1c(-c2ccccc2)nc2ccc(Cl)cc2c1-c1ccccc1. The average Bonchev–Trinajstić information content (AvgIpc) is 2.68. The molecule has 0 aliphatic heterocycles. The zero-order valence-corrected chi connectivity index (χ0v) is 14.8. The normalized spacial score (nSPS) is 11.0. The number of nitrogens with zero attached hydrogens (tertiary/aromatic N) is 1. The third-order valence-corrected chi connectivity index (χ3v) is 4.75. The number of halogens is 1. The van der Waals surface area contributed by atoms with Crippen LogP contribution in [-0.2, 0) is 6.42 Å². The van der Waals surface area contributed by atoms with Gasteiger partial charge in [-0.3, -0.25) is 0 Å². The molecule has 0 fully saturated rings. The molecular formula is C23H18ClN. The topological polar surface area (TPSA) is 12.9 Å². The van der Waals surface area contributed by atoms with Crippen LogP contribution in [-0.4, -0.2) is 4.98 Å². The van der Waals surface area contributed by atoms with Crippen molar-refractivity contribution in [3.8, 4) is 22.4 Å². The summed E-state index contributed by atoms with van der Waals surface area (Å²) in [5.41, 5.74) is 6.86. The molecule has 3 aromatic carbocycles. The highest BCUT2D eigenvalue weighted by atomic mass is 35.5. The minimum absolute atomic E-state index is 0.737. The van der Waals surface area contributed by atoms with Crippen molar-refractivity contribution >= 4 is 22.5 Å². The van der Waals surface area contributed by atoms with Gasteiger partial charge >= 0.3 is 0 Å². The van der Waals surface area contributed by atoms with Gasteiger partial charge in [0.2, 0.25) is 0 Å². The fourth-order valence-electron chi connectivity index (χ4n) is 3.39. The highest BCUT2D eigenvalue weighted by Gasteiger charge is 2.16. The maximum absolute atomic E-state index is 6.30. The predicted octanol–water partition coefficient (Wildman–Crippen LogP) is 6.78. The van der Waals surface area contributed by atoms with Crippen molar-refractivity contribution < 1.29 is 0 Å². The van der Waals surface area contributed by atoms with Crippen LogP contribution in [0, 0.1) is 0 Å². The lowest BCUT2D eigenvalue weighted by Gasteiger charge is -2.17. The van der Waals surface area contributed by atoms with Crippen LogP contribution in [0.5, 0.6) is 0 Å². The first-order chi connectivity index (χ1) is 12.3. The Hall–Kier alpha value is -2.64. The third kappa shape index (κ3) is 2.92. The summed E-state index contributed by atoms with van der Waals surface area (Å²) in [7, 11) is 0. The fourth-order valence-corrected chi connectivity index (χ4v) is 3.56. The number of hydrogen-bond donors (Lipinski definition) is 0. The van der Waals surface area contributed by atoms with Crippen LogP contribution in [0.4, 0.5) is 0 Å². The number of hydrogen-bond acceptors (Lipinski definition) is 1. The third-order valence-electron chi connectivity index (χ3n) is 4.51. The Morgan fingerprint density at radius 2 is 1.44 bits per heavy atom. The van der Waals surface area contributed by atoms with Crippen molar-refractivity contribution in [3.63, 3.8) is 0 Å². The summed E-state index contributed by atoms with van der Waals surface area (Å²) in [5.74, 6) is 0. The van der Waals surface area contributed by atoms with E-state index in [1.807, 2.05) is 30.3 Å². The Labute approximate surface area is 152 Å². The van der Waals surface area contributed by atoms with Crippen LogP contribution in [0.2, 0.25) is 5.02 Å². The number of fused-ring (bicyclic) bond motifs is 1. The summed E-state index contributed by atoms with van der Waals surface area (Å²) >= 11 is 6.30. The molecule has 1 nitrogen and oxygen atoms in total. The monoisotopic (exact) mass is 343 g/mol. The van der Waals surface area contributed by atoms with Crippen LogP contribution in [0.15, 0.2) is 78.9 Å². The molecule has 122 valence electrons. The molecule has 0 spiro atoms. The van der Waals surface area contributed by atoms with E-state index in [0.717, 1.165) is 33.6 Å². The summed E-state index contributed by atoms with van der Waals surface area (Å²) < 4.78 is 0. The van der Waals surface area contributed by atoms with Crippen LogP contribution in [0.3, 0.4) is 0 Å². The molecule has 0 radical (unpaired) electrons. The summed E-state index contributed by atoms with van der Waals surface area (Å²) in [4.78, 5) is 4.98. The van der Waals surface area contributed by atoms with Gasteiger partial charge in [-0.15, -0.1) is 0 Å². The number of aromatic nitrogens is 1. The van der Waals surface area contributed by atoms with E-state index in [2.05, 4.69) is 55.5 Å². The minimum atomic E-state index is 0.737. The van der Waals surface area contributed by atoms with Gasteiger partial charge in [0.25, 0.3) is 0 Å². The second-order valence-electron chi connectivity index (χ2n) is 6.06. The standard InChI is InChI=1S/C23H18ClN/c1-2-19-22(16-9-5-3-6-10-16)20-15-18(24)13-14-21(20)25-23(19)17-11-7-4-8-12-17/h3-15H,2H2,1H3. The van der Waals surface area contributed by atoms with Gasteiger partial charge in [0.1, 0.15) is 0 Å². The van der Waals surface area contributed by atoms with Crippen molar-refractivity contribution in [2.75, 3.05) is 0 Å². The maximum atomic E-state index is 6.30. The van der Waals surface area contributed by atoms with E-state index in [0.29, 0.717) is 0 Å². The first-order valence-electron chi connectivity index (χ1n) is 8.51. The second-order valence-corrected chi connectivity index (χ2v) is 6.50. The number of pyridine rings is 1. The molecule has 1 heterocycles. The molecular weight excluding hydrogens is 326 g/mol. The Morgan fingerprint density at radius 3 is 2.08 bits per heavy atom. The van der Waals surface area contributed by atoms with E-state index in [1.54, 1.807) is 0 Å². The highest BCUT2D eigenvalue weighted by Crippen LogP contribution is 2.38. The fraction of sp³-hybridized carbons (Fsp3) is 0.0870. The summed E-state index contributed by atoms with van der Waals surface area (Å²) in [6.07, 6.45) is 0.907. The van der Waals surface area contributed by atoms with Crippen molar-refractivity contribution in [2.24, 2.45) is 0 Å². The Bertz CT molecular complexity index is 1020. The first-order valence-corrected chi connectivity index (χ1v) is 8.88. The van der Waals surface area contributed by atoms with Gasteiger partial charge < -0.3 is 0 Å². The Kier molecular flexibility index (Phi) is 4.25. The lowest BCUT2D eigenvalue weighted by Crippen LogP contribution is -1.98. The van der Waals surface area contributed by atoms with E-state index in [4.69, 9.17) is 16.6 Å². The minimum Gasteiger partial charge on any atom is -0.247 e. The summed E-state index contributed by atoms with van der Waals surface area (Å²) in [6, 6.07) is 26.9. The van der Waals surface area contributed by atoms with Crippen LogP contribution in [0.1, 0.15) is 12.5 Å². The lowest BCUT2D eigenvalue weighted by molar-refractivity contribution is 1.13. The van der Waals surface area contributed by atoms with Crippen molar-refractivity contribution in [2.45, 2.75) is 13.3 Å².